The van der Waals surface area contributed by atoms with Crippen LogP contribution < -0.4 is 4.74 Å². The van der Waals surface area contributed by atoms with Crippen molar-refractivity contribution < 1.29 is 17.9 Å². The van der Waals surface area contributed by atoms with Gasteiger partial charge in [-0.15, -0.1) is 0 Å². The first-order valence-corrected chi connectivity index (χ1v) is 13.1. The lowest BCUT2D eigenvalue weighted by molar-refractivity contribution is 0.0748. The van der Waals surface area contributed by atoms with Crippen LogP contribution in [-0.2, 0) is 28.7 Å². The van der Waals surface area contributed by atoms with Crippen LogP contribution in [-0.4, -0.2) is 42.4 Å². The van der Waals surface area contributed by atoms with Crippen molar-refractivity contribution in [3.63, 3.8) is 0 Å². The Kier molecular flexibility index (Phi) is 8.38. The van der Waals surface area contributed by atoms with E-state index in [-0.39, 0.29) is 29.3 Å². The minimum Gasteiger partial charge on any atom is -0.497 e. The second kappa shape index (κ2) is 11.1. The highest BCUT2D eigenvalue weighted by Crippen LogP contribution is 2.22. The Morgan fingerprint density at radius 1 is 1.18 bits per heavy atom. The lowest BCUT2D eigenvalue weighted by Gasteiger charge is -2.23. The van der Waals surface area contributed by atoms with Gasteiger partial charge in [0.05, 0.1) is 31.3 Å². The second-order valence-corrected chi connectivity index (χ2v) is 10.8. The molecule has 7 nitrogen and oxygen atoms in total. The number of amides is 1. The standard InChI is InChI=1S/C25H30ClN3O4S/c1-5-28(24(30)20-9-11-23(33-4)12-10-20)16-22-14-27-25(29(22)15-18(2)3)34(31,32)17-19-7-6-8-21(26)13-19/h6-14,18H,5,15-17H2,1-4H3. The molecule has 9 heteroatoms. The van der Waals surface area contributed by atoms with Crippen molar-refractivity contribution in [3.05, 3.63) is 76.6 Å². The summed E-state index contributed by atoms with van der Waals surface area (Å²) in [6.07, 6.45) is 1.55. The third-order valence-electron chi connectivity index (χ3n) is 5.33. The number of sulfone groups is 1. The molecular weight excluding hydrogens is 474 g/mol. The summed E-state index contributed by atoms with van der Waals surface area (Å²) in [5, 5.41) is 0.485. The van der Waals surface area contributed by atoms with E-state index in [9.17, 15) is 13.2 Å². The average molecular weight is 504 g/mol. The van der Waals surface area contributed by atoms with Crippen LogP contribution in [0.25, 0.3) is 0 Å². The molecule has 182 valence electrons. The normalized spacial score (nSPS) is 11.6. The van der Waals surface area contributed by atoms with Crippen LogP contribution in [0.15, 0.2) is 59.9 Å². The molecule has 0 unspecified atom stereocenters. The van der Waals surface area contributed by atoms with Crippen molar-refractivity contribution in [1.82, 2.24) is 14.5 Å². The summed E-state index contributed by atoms with van der Waals surface area (Å²) in [5.74, 6) is 0.500. The van der Waals surface area contributed by atoms with Crippen molar-refractivity contribution >= 4 is 27.3 Å². The maximum atomic E-state index is 13.3. The van der Waals surface area contributed by atoms with Crippen molar-refractivity contribution in [3.8, 4) is 5.75 Å². The number of benzene rings is 2. The van der Waals surface area contributed by atoms with E-state index in [0.717, 1.165) is 0 Å². The third kappa shape index (κ3) is 6.18. The zero-order chi connectivity index (χ0) is 24.9. The van der Waals surface area contributed by atoms with E-state index in [1.165, 1.54) is 0 Å². The van der Waals surface area contributed by atoms with Crippen LogP contribution in [0.3, 0.4) is 0 Å². The van der Waals surface area contributed by atoms with Gasteiger partial charge in [-0.3, -0.25) is 4.79 Å². The van der Waals surface area contributed by atoms with Crippen LogP contribution in [0.4, 0.5) is 0 Å². The van der Waals surface area contributed by atoms with Gasteiger partial charge in [-0.1, -0.05) is 37.6 Å². The molecule has 3 rings (SSSR count). The summed E-state index contributed by atoms with van der Waals surface area (Å²) < 4.78 is 33.4. The predicted octanol–water partition coefficient (Wildman–Crippen LogP) is 4.84. The van der Waals surface area contributed by atoms with Crippen molar-refractivity contribution in [1.29, 1.82) is 0 Å². The van der Waals surface area contributed by atoms with Crippen LogP contribution >= 0.6 is 11.6 Å². The molecule has 0 fully saturated rings. The van der Waals surface area contributed by atoms with E-state index >= 15 is 0 Å². The molecule has 1 heterocycles. The van der Waals surface area contributed by atoms with Gasteiger partial charge in [0, 0.05) is 23.7 Å². The molecule has 1 amide bonds. The summed E-state index contributed by atoms with van der Waals surface area (Å²) in [4.78, 5) is 19.1. The quantitative estimate of drug-likeness (QED) is 0.395. The Morgan fingerprint density at radius 3 is 2.47 bits per heavy atom. The molecule has 0 aliphatic carbocycles. The molecule has 0 saturated carbocycles. The number of hydrogen-bond donors (Lipinski definition) is 0. The lowest BCUT2D eigenvalue weighted by Crippen LogP contribution is -2.31. The Bertz CT molecular complexity index is 1240. The maximum Gasteiger partial charge on any atom is 0.254 e. The minimum absolute atomic E-state index is 0.00382. The Hall–Kier alpha value is -2.84. The zero-order valence-corrected chi connectivity index (χ0v) is 21.4. The topological polar surface area (TPSA) is 81.5 Å². The first-order chi connectivity index (χ1) is 16.1. The maximum absolute atomic E-state index is 13.3. The molecule has 0 aliphatic heterocycles. The molecule has 34 heavy (non-hydrogen) atoms. The number of nitrogens with zero attached hydrogens (tertiary/aromatic N) is 3. The first-order valence-electron chi connectivity index (χ1n) is 11.1. The van der Waals surface area contributed by atoms with E-state index in [2.05, 4.69) is 4.98 Å². The highest BCUT2D eigenvalue weighted by atomic mass is 35.5. The average Bonchev–Trinajstić information content (AvgIpc) is 3.19. The first kappa shape index (κ1) is 25.8. The SMILES string of the molecule is CCN(Cc1cnc(S(=O)(=O)Cc2cccc(Cl)c2)n1CC(C)C)C(=O)c1ccc(OC)cc1. The number of hydrogen-bond acceptors (Lipinski definition) is 5. The van der Waals surface area contributed by atoms with E-state index in [1.807, 2.05) is 20.8 Å². The molecule has 0 bridgehead atoms. The van der Waals surface area contributed by atoms with E-state index in [0.29, 0.717) is 40.7 Å². The van der Waals surface area contributed by atoms with Crippen molar-refractivity contribution in [2.45, 2.75) is 44.8 Å². The number of carbonyl (C=O) groups is 1. The van der Waals surface area contributed by atoms with Gasteiger partial charge in [0.1, 0.15) is 5.75 Å². The zero-order valence-electron chi connectivity index (χ0n) is 19.9. The molecule has 0 saturated heterocycles. The summed E-state index contributed by atoms with van der Waals surface area (Å²) in [6, 6.07) is 13.7. The number of methoxy groups -OCH3 is 1. The highest BCUT2D eigenvalue weighted by molar-refractivity contribution is 7.90. The largest absolute Gasteiger partial charge is 0.497 e. The number of halogens is 1. The van der Waals surface area contributed by atoms with Crippen LogP contribution in [0.1, 0.15) is 42.4 Å². The number of imidazole rings is 1. The van der Waals surface area contributed by atoms with E-state index < -0.39 is 9.84 Å². The fourth-order valence-electron chi connectivity index (χ4n) is 3.68. The highest BCUT2D eigenvalue weighted by Gasteiger charge is 2.26. The fourth-order valence-corrected chi connectivity index (χ4v) is 5.38. The number of ether oxygens (including phenoxy) is 1. The molecule has 3 aromatic rings. The Labute approximate surface area is 206 Å². The van der Waals surface area contributed by atoms with Crippen LogP contribution in [0.5, 0.6) is 5.75 Å². The van der Waals surface area contributed by atoms with Gasteiger partial charge in [0.25, 0.3) is 5.91 Å². The van der Waals surface area contributed by atoms with Gasteiger partial charge in [-0.2, -0.15) is 0 Å². The van der Waals surface area contributed by atoms with E-state index in [4.69, 9.17) is 16.3 Å². The molecule has 0 N–H and O–H groups in total. The number of aromatic nitrogens is 2. The second-order valence-electron chi connectivity index (χ2n) is 8.47. The van der Waals surface area contributed by atoms with Crippen molar-refractivity contribution in [2.24, 2.45) is 5.92 Å². The molecule has 0 aliphatic rings. The lowest BCUT2D eigenvalue weighted by atomic mass is 10.2. The Balaban J connectivity index is 1.91. The minimum atomic E-state index is -3.73. The Morgan fingerprint density at radius 2 is 1.88 bits per heavy atom. The molecular formula is C25H30ClN3O4S. The monoisotopic (exact) mass is 503 g/mol. The van der Waals surface area contributed by atoms with Crippen molar-refractivity contribution in [2.75, 3.05) is 13.7 Å². The summed E-state index contributed by atoms with van der Waals surface area (Å²) >= 11 is 6.03. The van der Waals surface area contributed by atoms with Gasteiger partial charge in [-0.25, -0.2) is 13.4 Å². The smallest absolute Gasteiger partial charge is 0.254 e. The van der Waals surface area contributed by atoms with Gasteiger partial charge < -0.3 is 14.2 Å². The predicted molar refractivity (Wildman–Crippen MR) is 133 cm³/mol. The number of rotatable bonds is 10. The van der Waals surface area contributed by atoms with Gasteiger partial charge in [0.15, 0.2) is 0 Å². The summed E-state index contributed by atoms with van der Waals surface area (Å²) in [5.41, 5.74) is 1.80. The molecule has 0 atom stereocenters. The third-order valence-corrected chi connectivity index (χ3v) is 7.16. The summed E-state index contributed by atoms with van der Waals surface area (Å²) in [6.45, 7) is 7.08. The molecule has 0 spiro atoms. The van der Waals surface area contributed by atoms with E-state index in [1.54, 1.807) is 71.3 Å². The number of carbonyl (C=O) groups excluding carboxylic acids is 1. The van der Waals surface area contributed by atoms with Gasteiger partial charge in [-0.05, 0) is 54.8 Å². The fraction of sp³-hybridized carbons (Fsp3) is 0.360. The molecule has 2 aromatic carbocycles. The molecule has 0 radical (unpaired) electrons. The molecule has 1 aromatic heterocycles. The van der Waals surface area contributed by atoms with Crippen LogP contribution in [0, 0.1) is 5.92 Å². The van der Waals surface area contributed by atoms with Gasteiger partial charge >= 0.3 is 0 Å². The van der Waals surface area contributed by atoms with Crippen LogP contribution in [0.2, 0.25) is 5.02 Å². The van der Waals surface area contributed by atoms with Gasteiger partial charge in [0.2, 0.25) is 15.0 Å². The summed E-state index contributed by atoms with van der Waals surface area (Å²) in [7, 11) is -2.16.